The number of carboxylic acid groups (broad SMARTS) is 1. The molecule has 1 saturated heterocycles. The number of carboxylic acids is 1. The molecule has 0 bridgehead atoms. The van der Waals surface area contributed by atoms with Crippen LogP contribution in [0.15, 0.2) is 30.5 Å². The average Bonchev–Trinajstić information content (AvgIpc) is 3.50. The number of rotatable bonds is 18. The molecule has 278 valence electrons. The molecule has 4 rings (SSSR count). The van der Waals surface area contributed by atoms with Gasteiger partial charge in [0.25, 0.3) is 0 Å². The number of aliphatic carboxylic acids is 1. The number of carbonyl (C=O) groups is 3. The number of benzene rings is 1. The fourth-order valence-electron chi connectivity index (χ4n) is 5.36. The van der Waals surface area contributed by atoms with Crippen molar-refractivity contribution in [2.45, 2.75) is 91.6 Å². The molecule has 1 aromatic carbocycles. The van der Waals surface area contributed by atoms with Crippen molar-refractivity contribution >= 4 is 41.0 Å². The van der Waals surface area contributed by atoms with Gasteiger partial charge < -0.3 is 40.5 Å². The summed E-state index contributed by atoms with van der Waals surface area (Å²) in [5, 5.41) is 14.1. The van der Waals surface area contributed by atoms with Crippen LogP contribution in [0.25, 0.3) is 11.0 Å². The van der Waals surface area contributed by atoms with E-state index in [4.69, 9.17) is 15.6 Å². The highest BCUT2D eigenvalue weighted by Gasteiger charge is 2.16. The molecule has 2 aromatic heterocycles. The summed E-state index contributed by atoms with van der Waals surface area (Å²) in [7, 11) is 3.93. The predicted molar refractivity (Wildman–Crippen MR) is 201 cm³/mol. The van der Waals surface area contributed by atoms with Crippen molar-refractivity contribution in [2.75, 3.05) is 64.5 Å². The first-order valence-electron chi connectivity index (χ1n) is 18.0. The number of nitrogen functional groups attached to an aromatic ring is 1. The Morgan fingerprint density at radius 3 is 2.30 bits per heavy atom. The van der Waals surface area contributed by atoms with Gasteiger partial charge in [-0.1, -0.05) is 65.0 Å². The molecule has 3 aromatic rings. The van der Waals surface area contributed by atoms with Crippen molar-refractivity contribution in [3.63, 3.8) is 0 Å². The van der Waals surface area contributed by atoms with Gasteiger partial charge in [-0.3, -0.25) is 14.5 Å². The van der Waals surface area contributed by atoms with Crippen LogP contribution in [0, 0.1) is 0 Å². The molecule has 1 fully saturated rings. The lowest BCUT2D eigenvalue weighted by Crippen LogP contribution is -2.43. The van der Waals surface area contributed by atoms with Crippen LogP contribution in [0.1, 0.15) is 89.7 Å². The highest BCUT2D eigenvalue weighted by Crippen LogP contribution is 2.27. The SMILES string of the molecule is CCCCC.CCCCCNc1nc(N)nc2ccn(Cc3ccc(CN4CCN(C)CC4)cc3OC)c12.O=CCCNC(=O)CCC(=O)O. The second-order valence-corrected chi connectivity index (χ2v) is 12.5. The van der Waals surface area contributed by atoms with E-state index in [1.807, 2.05) is 12.3 Å². The number of carbonyl (C=O) groups excluding carboxylic acids is 2. The zero-order valence-corrected chi connectivity index (χ0v) is 30.9. The highest BCUT2D eigenvalue weighted by molar-refractivity contribution is 5.87. The number of amides is 1. The molecule has 1 aliphatic heterocycles. The molecular formula is C37H60N8O5. The normalized spacial score (nSPS) is 13.1. The third-order valence-corrected chi connectivity index (χ3v) is 8.25. The first kappa shape index (κ1) is 41.9. The average molecular weight is 697 g/mol. The van der Waals surface area contributed by atoms with Crippen LogP contribution in [0.4, 0.5) is 11.8 Å². The largest absolute Gasteiger partial charge is 0.496 e. The third kappa shape index (κ3) is 15.5. The Morgan fingerprint density at radius 1 is 0.960 bits per heavy atom. The number of hydrogen-bond donors (Lipinski definition) is 4. The maximum Gasteiger partial charge on any atom is 0.303 e. The van der Waals surface area contributed by atoms with Crippen LogP contribution in [0.5, 0.6) is 5.75 Å². The van der Waals surface area contributed by atoms with E-state index in [1.165, 1.54) is 37.7 Å². The minimum absolute atomic E-state index is 0.0335. The molecule has 0 saturated carbocycles. The summed E-state index contributed by atoms with van der Waals surface area (Å²) in [5.74, 6) is 0.672. The van der Waals surface area contributed by atoms with E-state index >= 15 is 0 Å². The lowest BCUT2D eigenvalue weighted by Gasteiger charge is -2.32. The molecule has 0 atom stereocenters. The van der Waals surface area contributed by atoms with E-state index in [1.54, 1.807) is 7.11 Å². The summed E-state index contributed by atoms with van der Waals surface area (Å²) in [6, 6.07) is 8.58. The molecule has 13 heteroatoms. The number of ether oxygens (including phenoxy) is 1. The molecule has 3 heterocycles. The number of nitrogens with one attached hydrogen (secondary N) is 2. The van der Waals surface area contributed by atoms with Crippen LogP contribution in [0.3, 0.4) is 0 Å². The molecule has 0 spiro atoms. The smallest absolute Gasteiger partial charge is 0.303 e. The minimum Gasteiger partial charge on any atom is -0.496 e. The third-order valence-electron chi connectivity index (χ3n) is 8.25. The van der Waals surface area contributed by atoms with Crippen molar-refractivity contribution in [1.29, 1.82) is 0 Å². The lowest BCUT2D eigenvalue weighted by atomic mass is 10.1. The van der Waals surface area contributed by atoms with Gasteiger partial charge in [0, 0.05) is 70.4 Å². The van der Waals surface area contributed by atoms with Crippen molar-refractivity contribution < 1.29 is 24.2 Å². The number of aldehydes is 1. The van der Waals surface area contributed by atoms with Gasteiger partial charge in [-0.05, 0) is 31.2 Å². The van der Waals surface area contributed by atoms with Crippen molar-refractivity contribution in [1.82, 2.24) is 29.7 Å². The molecule has 0 unspecified atom stereocenters. The Labute approximate surface area is 298 Å². The Bertz CT molecular complexity index is 1440. The van der Waals surface area contributed by atoms with Crippen LogP contribution in [-0.4, -0.2) is 101 Å². The first-order valence-corrected chi connectivity index (χ1v) is 18.0. The Balaban J connectivity index is 0.000000424. The van der Waals surface area contributed by atoms with E-state index in [9.17, 15) is 14.4 Å². The quantitative estimate of drug-likeness (QED) is 0.102. The van der Waals surface area contributed by atoms with Gasteiger partial charge in [-0.25, -0.2) is 4.98 Å². The van der Waals surface area contributed by atoms with Gasteiger partial charge >= 0.3 is 5.97 Å². The molecule has 1 aliphatic rings. The fraction of sp³-hybridized carbons (Fsp3) is 0.595. The summed E-state index contributed by atoms with van der Waals surface area (Å²) in [5.41, 5.74) is 10.2. The number of methoxy groups -OCH3 is 1. The first-order chi connectivity index (χ1) is 24.1. The topological polar surface area (TPSA) is 168 Å². The number of nitrogens with zero attached hydrogens (tertiary/aromatic N) is 5. The maximum absolute atomic E-state index is 10.7. The molecule has 5 N–H and O–H groups in total. The molecule has 0 aliphatic carbocycles. The zero-order chi connectivity index (χ0) is 36.7. The van der Waals surface area contributed by atoms with E-state index in [0.29, 0.717) is 18.8 Å². The number of unbranched alkanes of at least 4 members (excludes halogenated alkanes) is 4. The number of hydrogen-bond acceptors (Lipinski definition) is 10. The van der Waals surface area contributed by atoms with Gasteiger partial charge in [-0.15, -0.1) is 0 Å². The van der Waals surface area contributed by atoms with Gasteiger partial charge in [0.1, 0.15) is 17.6 Å². The zero-order valence-electron chi connectivity index (χ0n) is 30.9. The second-order valence-electron chi connectivity index (χ2n) is 12.5. The molecule has 1 amide bonds. The van der Waals surface area contributed by atoms with E-state index < -0.39 is 5.97 Å². The van der Waals surface area contributed by atoms with Crippen LogP contribution >= 0.6 is 0 Å². The van der Waals surface area contributed by atoms with Gasteiger partial charge in [-0.2, -0.15) is 4.98 Å². The Hall–Kier alpha value is -4.23. The fourth-order valence-corrected chi connectivity index (χ4v) is 5.36. The molecule has 50 heavy (non-hydrogen) atoms. The summed E-state index contributed by atoms with van der Waals surface area (Å²) in [6.45, 7) is 13.9. The van der Waals surface area contributed by atoms with Gasteiger partial charge in [0.15, 0.2) is 5.82 Å². The van der Waals surface area contributed by atoms with Crippen molar-refractivity contribution in [3.05, 3.63) is 41.6 Å². The van der Waals surface area contributed by atoms with Gasteiger partial charge in [0.05, 0.1) is 25.6 Å². The molecular weight excluding hydrogens is 636 g/mol. The van der Waals surface area contributed by atoms with E-state index in [2.05, 4.69) is 81.0 Å². The monoisotopic (exact) mass is 696 g/mol. The van der Waals surface area contributed by atoms with E-state index in [0.717, 1.165) is 73.9 Å². The maximum atomic E-state index is 10.7. The number of piperazine rings is 1. The Kier molecular flexibility index (Phi) is 20.1. The summed E-state index contributed by atoms with van der Waals surface area (Å²) < 4.78 is 7.96. The molecule has 0 radical (unpaired) electrons. The number of nitrogens with two attached hydrogens (primary N) is 1. The van der Waals surface area contributed by atoms with Crippen LogP contribution in [-0.2, 0) is 27.5 Å². The van der Waals surface area contributed by atoms with Crippen LogP contribution < -0.4 is 21.1 Å². The lowest BCUT2D eigenvalue weighted by molar-refractivity contribution is -0.138. The Morgan fingerprint density at radius 2 is 1.68 bits per heavy atom. The van der Waals surface area contributed by atoms with Crippen molar-refractivity contribution in [3.8, 4) is 5.75 Å². The predicted octanol–water partition coefficient (Wildman–Crippen LogP) is 5.17. The second kappa shape index (κ2) is 24.0. The van der Waals surface area contributed by atoms with Gasteiger partial charge in [0.2, 0.25) is 11.9 Å². The number of likely N-dealkylation sites (N-methyl/N-ethyl adjacent to an activating group) is 1. The van der Waals surface area contributed by atoms with E-state index in [-0.39, 0.29) is 31.7 Å². The summed E-state index contributed by atoms with van der Waals surface area (Å²) >= 11 is 0. The number of anilines is 2. The highest BCUT2D eigenvalue weighted by atomic mass is 16.5. The van der Waals surface area contributed by atoms with Crippen LogP contribution in [0.2, 0.25) is 0 Å². The number of aromatic nitrogens is 3. The summed E-state index contributed by atoms with van der Waals surface area (Å²) in [4.78, 5) is 44.4. The minimum atomic E-state index is -1.000. The standard InChI is InChI=1S/C25H37N7O.C7H11NO4.C5H12/c1-4-5-6-10-27-24-23-21(28-25(26)29-24)9-11-32(23)18-20-8-7-19(16-22(20)33-3)17-31-14-12-30(2)13-15-31;9-5-1-4-8-6(10)2-3-7(11)12;1-3-5-4-2/h7-9,11,16H,4-6,10,12-15,17-18H2,1-3H3,(H3,26,27,28,29);5H,1-4H2,(H,8,10)(H,11,12);3-5H2,1-2H3. The van der Waals surface area contributed by atoms with Crippen molar-refractivity contribution in [2.24, 2.45) is 0 Å². The molecule has 13 nitrogen and oxygen atoms in total. The number of fused-ring (bicyclic) bond motifs is 1. The summed E-state index contributed by atoms with van der Waals surface area (Å²) in [6.07, 6.45) is 10.3.